The van der Waals surface area contributed by atoms with E-state index in [4.69, 9.17) is 10.5 Å². The van der Waals surface area contributed by atoms with Gasteiger partial charge in [-0.3, -0.25) is 43.3 Å². The van der Waals surface area contributed by atoms with Gasteiger partial charge in [-0.15, -0.1) is 34.0 Å². The maximum atomic E-state index is 14.1. The van der Waals surface area contributed by atoms with Crippen LogP contribution in [0, 0.1) is 38.0 Å². The van der Waals surface area contributed by atoms with Crippen LogP contribution < -0.4 is 16.4 Å². The summed E-state index contributed by atoms with van der Waals surface area (Å²) < 4.78 is 5.15. The number of aryl methyl sites for hydroxylation is 5. The fourth-order valence-electron chi connectivity index (χ4n) is 16.1. The molecule has 3 fully saturated rings. The fraction of sp³-hybridized carbons (Fsp3) is 0.456. The summed E-state index contributed by atoms with van der Waals surface area (Å²) in [5, 5.41) is 36.6. The number of aromatic nitrogens is 3. The summed E-state index contributed by atoms with van der Waals surface area (Å²) in [7, 11) is 0. The number of aliphatic imine (C=N–C) groups is 1. The highest BCUT2D eigenvalue weighted by atomic mass is 32.1. The van der Waals surface area contributed by atoms with Gasteiger partial charge in [0.2, 0.25) is 23.6 Å². The average Bonchev–Trinajstić information content (AvgIpc) is 1.59. The molecule has 8 heterocycles. The molecule has 5 aliphatic heterocycles. The third-order valence-electron chi connectivity index (χ3n) is 22.3. The molecule has 626 valence electrons. The van der Waals surface area contributed by atoms with Crippen molar-refractivity contribution in [1.82, 2.24) is 50.1 Å². The Labute approximate surface area is 702 Å². The number of carbonyl (C=O) groups excluding carboxylic acids is 9. The molecule has 0 spiro atoms. The zero-order valence-corrected chi connectivity index (χ0v) is 72.2. The Morgan fingerprint density at radius 1 is 0.576 bits per heavy atom. The summed E-state index contributed by atoms with van der Waals surface area (Å²) in [5.41, 5.74) is 21.8. The molecule has 7 N–H and O–H groups in total. The lowest BCUT2D eigenvalue weighted by Crippen LogP contribution is -2.58. The summed E-state index contributed by atoms with van der Waals surface area (Å²) >= 11 is 4.80. The van der Waals surface area contributed by atoms with Crippen LogP contribution >= 0.6 is 34.0 Å². The Hall–Kier alpha value is -10.2. The van der Waals surface area contributed by atoms with Crippen LogP contribution in [0.15, 0.2) is 143 Å². The minimum Gasteiger partial charge on any atom is -0.444 e. The van der Waals surface area contributed by atoms with Crippen molar-refractivity contribution in [2.75, 3.05) is 26.2 Å². The van der Waals surface area contributed by atoms with Crippen LogP contribution in [0.25, 0.3) is 31.3 Å². The standard InChI is InChI=1S/C31H35N3O4S.C30H42N4O6S.C29H33N5O3S/c1-19(2)27(33-16-23-7-5-6-8-25(23)29(33)37)30(38)34-17-24(35)15-31(34,4)26(36)14-11-21-9-12-22(13-10-21)28-20(3)32-18-39-28;1-18-25(41-17-32-18)20-11-8-19(9-12-20)10-13-23(36)22-14-21(35)16-34(22)27(38)26(29(2,3)4)33-24(37)15-31-28(39)40-30(5,6)7;1-17(2)25(34-14-21-6-4-5-7-23(21)28(34)36)29(37)33-15-22(35)12-24(33)27(30)31-13-19-8-10-20(11-9-19)26-18(3)32-16-38-26/h5-10,12-13,18-19,24,27,35H,11,14-17H2,1-4H3;8-9,11-12,17,21-22,26,35H,10,13-16H2,1-7H3,(H,31,39)(H,33,37);4-11,16-17,22,24-25,35H,12-15H2,1-3H3,(H2,30,31)/t24-,27+,31?;21-,22+,26-;22-,24+,25+/m111/s1. The van der Waals surface area contributed by atoms with Gasteiger partial charge < -0.3 is 60.9 Å². The summed E-state index contributed by atoms with van der Waals surface area (Å²) in [6.07, 6.45) is -0.870. The summed E-state index contributed by atoms with van der Waals surface area (Å²) in [5.74, 6) is -1.96. The number of aliphatic hydroxyl groups is 3. The Bertz CT molecular complexity index is 4990. The molecule has 0 radical (unpaired) electrons. The second-order valence-corrected chi connectivity index (χ2v) is 36.7. The van der Waals surface area contributed by atoms with E-state index < -0.39 is 83.0 Å². The highest BCUT2D eigenvalue weighted by Crippen LogP contribution is 2.39. The van der Waals surface area contributed by atoms with Gasteiger partial charge in [0.05, 0.1) is 85.2 Å². The first-order chi connectivity index (χ1) is 55.9. The Morgan fingerprint density at radius 3 is 1.44 bits per heavy atom. The summed E-state index contributed by atoms with van der Waals surface area (Å²) in [6, 6.07) is 35.6. The van der Waals surface area contributed by atoms with Gasteiger partial charge in [-0.25, -0.2) is 19.7 Å². The molecule has 5 aliphatic rings. The number of rotatable bonds is 24. The molecule has 0 aliphatic carbocycles. The number of carbonyl (C=O) groups is 9. The van der Waals surface area contributed by atoms with Crippen molar-refractivity contribution in [2.45, 2.75) is 221 Å². The number of β-amino-alcohol motifs (C(OH)–C–C–N with tert-alkyl or cyclic N) is 3. The number of ketones is 2. The van der Waals surface area contributed by atoms with E-state index in [2.05, 4.69) is 54.8 Å². The van der Waals surface area contributed by atoms with Gasteiger partial charge in [-0.1, -0.05) is 158 Å². The average molecular weight is 1660 g/mol. The van der Waals surface area contributed by atoms with E-state index in [1.165, 1.54) is 9.80 Å². The quantitative estimate of drug-likeness (QED) is 0.0242. The topological polar surface area (TPSA) is 341 Å². The number of nitrogens with one attached hydrogen (secondary N) is 2. The van der Waals surface area contributed by atoms with Gasteiger partial charge in [-0.05, 0) is 135 Å². The predicted molar refractivity (Wildman–Crippen MR) is 457 cm³/mol. The molecule has 118 heavy (non-hydrogen) atoms. The second kappa shape index (κ2) is 37.8. The normalized spacial score (nSPS) is 19.9. The molecule has 25 nitrogen and oxygen atoms in total. The van der Waals surface area contributed by atoms with E-state index in [9.17, 15) is 58.5 Å². The molecule has 7 amide bonds. The molecule has 0 bridgehead atoms. The number of benzene rings is 5. The maximum Gasteiger partial charge on any atom is 0.408 e. The van der Waals surface area contributed by atoms with E-state index in [1.54, 1.807) is 109 Å². The van der Waals surface area contributed by atoms with Crippen molar-refractivity contribution < 1.29 is 63.2 Å². The largest absolute Gasteiger partial charge is 0.444 e. The van der Waals surface area contributed by atoms with E-state index in [1.807, 2.05) is 150 Å². The van der Waals surface area contributed by atoms with Crippen molar-refractivity contribution in [2.24, 2.45) is 28.0 Å². The first-order valence-electron chi connectivity index (χ1n) is 40.2. The van der Waals surface area contributed by atoms with Gasteiger partial charge in [0.15, 0.2) is 11.6 Å². The maximum absolute atomic E-state index is 14.1. The highest BCUT2D eigenvalue weighted by molar-refractivity contribution is 7.14. The van der Waals surface area contributed by atoms with Gasteiger partial charge in [0.1, 0.15) is 41.6 Å². The number of Topliss-reactive ketones (excluding diaryl/α,β-unsaturated/α-hetero) is 2. The SMILES string of the molecule is Cc1ncsc1-c1ccc(CCC(=O)C2(C)C[C@@H](O)CN2C(=O)[C@H](C(C)C)N2Cc3ccccc3C2=O)cc1.Cc1ncsc1-c1ccc(CCC(=O)[C@@H]2C[C@@H](O)CN2C(=O)[C@@H](NC(=O)CNC(=O)OC(C)(C)C)C(C)(C)C)cc1.Cc1ncsc1-c1ccc(CN=C(N)[C@@H]2C[C@@H](O)CN2C(=O)[C@H](C(C)C)N2Cc3ccccc3C2=O)cc1. The molecular weight excluding hydrogens is 1550 g/mol. The van der Waals surface area contributed by atoms with E-state index in [0.717, 1.165) is 76.2 Å². The number of amides is 7. The number of amidine groups is 1. The summed E-state index contributed by atoms with van der Waals surface area (Å²) in [4.78, 5) is 148. The van der Waals surface area contributed by atoms with Gasteiger partial charge in [-0.2, -0.15) is 0 Å². The van der Waals surface area contributed by atoms with Crippen molar-refractivity contribution in [3.63, 3.8) is 0 Å². The minimum absolute atomic E-state index is 0.0107. The molecule has 3 aromatic heterocycles. The third kappa shape index (κ3) is 20.9. The van der Waals surface area contributed by atoms with Crippen LogP contribution in [0.1, 0.15) is 174 Å². The number of nitrogens with two attached hydrogens (primary N) is 1. The monoisotopic (exact) mass is 1660 g/mol. The highest BCUT2D eigenvalue weighted by Gasteiger charge is 2.53. The Morgan fingerprint density at radius 2 is 1.01 bits per heavy atom. The second-order valence-electron chi connectivity index (χ2n) is 34.2. The zero-order valence-electron chi connectivity index (χ0n) is 69.7. The van der Waals surface area contributed by atoms with Crippen LogP contribution in [0.5, 0.6) is 0 Å². The zero-order chi connectivity index (χ0) is 85.4. The smallest absolute Gasteiger partial charge is 0.408 e. The Balaban J connectivity index is 0.000000174. The van der Waals surface area contributed by atoms with Crippen LogP contribution in [0.2, 0.25) is 0 Å². The number of hydrogen-bond acceptors (Lipinski definition) is 20. The molecule has 28 heteroatoms. The molecular formula is C90H110N12O13S3. The molecule has 5 aromatic carbocycles. The minimum atomic E-state index is -1.13. The first-order valence-corrected chi connectivity index (χ1v) is 42.9. The summed E-state index contributed by atoms with van der Waals surface area (Å²) in [6.45, 7) is 27.0. The van der Waals surface area contributed by atoms with Crippen molar-refractivity contribution in [3.8, 4) is 31.3 Å². The Kier molecular flexibility index (Phi) is 28.4. The first kappa shape index (κ1) is 88.6. The molecule has 3 saturated heterocycles. The lowest BCUT2D eigenvalue weighted by molar-refractivity contribution is -0.147. The fourth-order valence-corrected chi connectivity index (χ4v) is 18.6. The lowest BCUT2D eigenvalue weighted by atomic mass is 9.85. The number of ether oxygens (including phenoxy) is 1. The van der Waals surface area contributed by atoms with E-state index in [0.29, 0.717) is 55.9 Å². The van der Waals surface area contributed by atoms with Gasteiger partial charge >= 0.3 is 6.09 Å². The van der Waals surface area contributed by atoms with Gasteiger partial charge in [0.25, 0.3) is 11.8 Å². The number of likely N-dealkylation sites (tertiary alicyclic amines) is 3. The predicted octanol–water partition coefficient (Wildman–Crippen LogP) is 11.9. The van der Waals surface area contributed by atoms with Crippen LogP contribution in [-0.4, -0.2) is 200 Å². The lowest BCUT2D eigenvalue weighted by Gasteiger charge is -2.39. The van der Waals surface area contributed by atoms with E-state index in [-0.39, 0.29) is 98.9 Å². The molecule has 1 unspecified atom stereocenters. The van der Waals surface area contributed by atoms with Crippen LogP contribution in [-0.2, 0) is 66.0 Å². The number of hydrogen-bond donors (Lipinski definition) is 6. The number of aliphatic hydroxyl groups excluding tert-OH is 3. The molecule has 8 aromatic rings. The van der Waals surface area contributed by atoms with Crippen LogP contribution in [0.4, 0.5) is 4.79 Å². The molecule has 13 rings (SSSR count). The number of nitrogens with zero attached hydrogens (tertiary/aromatic N) is 9. The van der Waals surface area contributed by atoms with Gasteiger partial charge in [0, 0.05) is 76.0 Å². The molecule has 0 saturated carbocycles. The number of fused-ring (bicyclic) bond motifs is 2. The van der Waals surface area contributed by atoms with Crippen molar-refractivity contribution in [1.29, 1.82) is 0 Å². The van der Waals surface area contributed by atoms with Crippen LogP contribution in [0.3, 0.4) is 0 Å². The van der Waals surface area contributed by atoms with Crippen molar-refractivity contribution >= 4 is 92.9 Å². The molecule has 9 atom stereocenters. The number of thiazole rings is 3. The van der Waals surface area contributed by atoms with Crippen molar-refractivity contribution in [3.05, 3.63) is 194 Å². The van der Waals surface area contributed by atoms with E-state index >= 15 is 0 Å². The number of alkyl carbamates (subject to hydrolysis) is 1. The third-order valence-corrected chi connectivity index (χ3v) is 25.2.